The lowest BCUT2D eigenvalue weighted by Crippen LogP contribution is -2.28. The summed E-state index contributed by atoms with van der Waals surface area (Å²) < 4.78 is 5.82. The zero-order chi connectivity index (χ0) is 14.3. The number of hydrogen-bond donors (Lipinski definition) is 2. The Labute approximate surface area is 125 Å². The summed E-state index contributed by atoms with van der Waals surface area (Å²) in [7, 11) is 0. The Kier molecular flexibility index (Phi) is 4.69. The number of anilines is 1. The van der Waals surface area contributed by atoms with Gasteiger partial charge in [-0.05, 0) is 24.9 Å². The number of nitrogens with one attached hydrogen (secondary N) is 2. The number of rotatable bonds is 6. The molecule has 1 atom stereocenters. The first-order valence-corrected chi connectivity index (χ1v) is 7.49. The van der Waals surface area contributed by atoms with Gasteiger partial charge >= 0.3 is 0 Å². The van der Waals surface area contributed by atoms with Crippen molar-refractivity contribution in [3.8, 4) is 5.75 Å². The highest BCUT2D eigenvalue weighted by Crippen LogP contribution is 2.17. The maximum atomic E-state index is 5.82. The molecule has 1 aliphatic rings. The molecule has 0 spiro atoms. The minimum Gasteiger partial charge on any atom is -0.490 e. The summed E-state index contributed by atoms with van der Waals surface area (Å²) in [5.74, 6) is 0.821. The molecule has 1 aromatic heterocycles. The Morgan fingerprint density at radius 3 is 2.95 bits per heavy atom. The summed E-state index contributed by atoms with van der Waals surface area (Å²) in [5, 5.41) is 6.80. The number of pyridine rings is 1. The van der Waals surface area contributed by atoms with Gasteiger partial charge in [0, 0.05) is 18.7 Å². The van der Waals surface area contributed by atoms with Crippen LogP contribution in [0.15, 0.2) is 48.8 Å². The molecule has 4 nitrogen and oxygen atoms in total. The van der Waals surface area contributed by atoms with Crippen LogP contribution in [0.2, 0.25) is 0 Å². The van der Waals surface area contributed by atoms with Crippen LogP contribution >= 0.6 is 0 Å². The van der Waals surface area contributed by atoms with Crippen molar-refractivity contribution in [3.05, 3.63) is 54.4 Å². The van der Waals surface area contributed by atoms with Crippen molar-refractivity contribution in [2.45, 2.75) is 25.4 Å². The number of nitrogens with zero attached hydrogens (tertiary/aromatic N) is 1. The summed E-state index contributed by atoms with van der Waals surface area (Å²) in [6.45, 7) is 2.60. The summed E-state index contributed by atoms with van der Waals surface area (Å²) >= 11 is 0. The van der Waals surface area contributed by atoms with Gasteiger partial charge in [0.25, 0.3) is 0 Å². The van der Waals surface area contributed by atoms with E-state index in [2.05, 4.69) is 27.8 Å². The third-order valence-electron chi connectivity index (χ3n) is 3.67. The molecule has 0 bridgehead atoms. The van der Waals surface area contributed by atoms with E-state index >= 15 is 0 Å². The molecule has 1 fully saturated rings. The Bertz CT molecular complexity index is 553. The molecule has 21 heavy (non-hydrogen) atoms. The fourth-order valence-electron chi connectivity index (χ4n) is 2.49. The lowest BCUT2D eigenvalue weighted by atomic mass is 10.2. The Morgan fingerprint density at radius 1 is 1.24 bits per heavy atom. The van der Waals surface area contributed by atoms with E-state index in [9.17, 15) is 0 Å². The highest BCUT2D eigenvalue weighted by Gasteiger charge is 2.14. The fourth-order valence-corrected chi connectivity index (χ4v) is 2.49. The van der Waals surface area contributed by atoms with Crippen LogP contribution in [-0.2, 0) is 6.54 Å². The van der Waals surface area contributed by atoms with Crippen LogP contribution in [0.5, 0.6) is 5.75 Å². The molecule has 2 heterocycles. The van der Waals surface area contributed by atoms with E-state index in [0.29, 0.717) is 12.6 Å². The monoisotopic (exact) mass is 283 g/mol. The lowest BCUT2D eigenvalue weighted by Gasteiger charge is -2.13. The van der Waals surface area contributed by atoms with Crippen LogP contribution in [-0.4, -0.2) is 24.2 Å². The van der Waals surface area contributed by atoms with Crippen molar-refractivity contribution in [2.24, 2.45) is 0 Å². The third-order valence-corrected chi connectivity index (χ3v) is 3.67. The molecule has 2 N–H and O–H groups in total. The molecular weight excluding hydrogens is 262 g/mol. The van der Waals surface area contributed by atoms with Crippen LogP contribution in [0.25, 0.3) is 0 Å². The molecular formula is C17H21N3O. The zero-order valence-electron chi connectivity index (χ0n) is 12.1. The molecule has 1 aromatic carbocycles. The summed E-state index contributed by atoms with van der Waals surface area (Å²) in [4.78, 5) is 4.23. The summed E-state index contributed by atoms with van der Waals surface area (Å²) in [6.07, 6.45) is 6.02. The summed E-state index contributed by atoms with van der Waals surface area (Å²) in [5.41, 5.74) is 2.23. The van der Waals surface area contributed by atoms with Crippen molar-refractivity contribution < 1.29 is 4.74 Å². The standard InChI is InChI=1S/C17H21N3O/c1-2-5-14(6-3-1)10-20-16-9-17(12-18-11-16)21-13-15-7-4-8-19-15/h1-3,5-6,9,11-12,15,19-20H,4,7-8,10,13H2/t15-/m0/s1. The molecule has 0 saturated carbocycles. The largest absolute Gasteiger partial charge is 0.490 e. The number of benzene rings is 1. The van der Waals surface area contributed by atoms with Gasteiger partial charge in [-0.2, -0.15) is 0 Å². The van der Waals surface area contributed by atoms with E-state index in [0.717, 1.165) is 24.5 Å². The van der Waals surface area contributed by atoms with E-state index < -0.39 is 0 Å². The van der Waals surface area contributed by atoms with Crippen LogP contribution in [0.3, 0.4) is 0 Å². The normalized spacial score (nSPS) is 17.6. The maximum absolute atomic E-state index is 5.82. The summed E-state index contributed by atoms with van der Waals surface area (Å²) in [6, 6.07) is 12.8. The number of ether oxygens (including phenoxy) is 1. The first kappa shape index (κ1) is 13.9. The quantitative estimate of drug-likeness (QED) is 0.856. The van der Waals surface area contributed by atoms with E-state index in [-0.39, 0.29) is 0 Å². The molecule has 3 rings (SSSR count). The Balaban J connectivity index is 1.52. The molecule has 4 heteroatoms. The molecule has 1 saturated heterocycles. The van der Waals surface area contributed by atoms with Crippen LogP contribution in [0, 0.1) is 0 Å². The van der Waals surface area contributed by atoms with Gasteiger partial charge in [-0.3, -0.25) is 4.98 Å². The third kappa shape index (κ3) is 4.20. The van der Waals surface area contributed by atoms with Crippen molar-refractivity contribution in [1.29, 1.82) is 0 Å². The van der Waals surface area contributed by atoms with E-state index in [1.807, 2.05) is 30.5 Å². The molecule has 1 aliphatic heterocycles. The van der Waals surface area contributed by atoms with Crippen molar-refractivity contribution in [1.82, 2.24) is 10.3 Å². The molecule has 0 aliphatic carbocycles. The predicted molar refractivity (Wildman–Crippen MR) is 84.5 cm³/mol. The molecule has 0 amide bonds. The SMILES string of the molecule is c1ccc(CNc2cncc(OC[C@@H]3CCCN3)c2)cc1. The molecule has 0 unspecified atom stereocenters. The number of hydrogen-bond acceptors (Lipinski definition) is 4. The number of aromatic nitrogens is 1. The smallest absolute Gasteiger partial charge is 0.139 e. The van der Waals surface area contributed by atoms with Gasteiger partial charge in [0.15, 0.2) is 0 Å². The van der Waals surface area contributed by atoms with Crippen LogP contribution in [0.4, 0.5) is 5.69 Å². The van der Waals surface area contributed by atoms with Crippen molar-refractivity contribution >= 4 is 5.69 Å². The maximum Gasteiger partial charge on any atom is 0.139 e. The van der Waals surface area contributed by atoms with Gasteiger partial charge in [-0.25, -0.2) is 0 Å². The van der Waals surface area contributed by atoms with Crippen LogP contribution in [0.1, 0.15) is 18.4 Å². The predicted octanol–water partition coefficient (Wildman–Crippen LogP) is 2.82. The second-order valence-corrected chi connectivity index (χ2v) is 5.35. The minimum absolute atomic E-state index is 0.478. The van der Waals surface area contributed by atoms with Gasteiger partial charge in [0.2, 0.25) is 0 Å². The fraction of sp³-hybridized carbons (Fsp3) is 0.353. The van der Waals surface area contributed by atoms with E-state index in [4.69, 9.17) is 4.74 Å². The van der Waals surface area contributed by atoms with E-state index in [1.165, 1.54) is 18.4 Å². The lowest BCUT2D eigenvalue weighted by molar-refractivity contribution is 0.276. The Morgan fingerprint density at radius 2 is 2.14 bits per heavy atom. The van der Waals surface area contributed by atoms with Gasteiger partial charge in [0.05, 0.1) is 18.1 Å². The molecule has 110 valence electrons. The highest BCUT2D eigenvalue weighted by molar-refractivity contribution is 5.45. The van der Waals surface area contributed by atoms with Crippen molar-refractivity contribution in [2.75, 3.05) is 18.5 Å². The topological polar surface area (TPSA) is 46.2 Å². The molecule has 0 radical (unpaired) electrons. The first-order chi connectivity index (χ1) is 10.4. The second kappa shape index (κ2) is 7.09. The van der Waals surface area contributed by atoms with Gasteiger partial charge in [-0.1, -0.05) is 30.3 Å². The van der Waals surface area contributed by atoms with Crippen LogP contribution < -0.4 is 15.4 Å². The Hall–Kier alpha value is -2.07. The average molecular weight is 283 g/mol. The zero-order valence-corrected chi connectivity index (χ0v) is 12.1. The molecule has 2 aromatic rings. The van der Waals surface area contributed by atoms with Crippen molar-refractivity contribution in [3.63, 3.8) is 0 Å². The second-order valence-electron chi connectivity index (χ2n) is 5.35. The van der Waals surface area contributed by atoms with Gasteiger partial charge in [0.1, 0.15) is 12.4 Å². The first-order valence-electron chi connectivity index (χ1n) is 7.49. The van der Waals surface area contributed by atoms with Gasteiger partial charge < -0.3 is 15.4 Å². The van der Waals surface area contributed by atoms with E-state index in [1.54, 1.807) is 6.20 Å². The average Bonchev–Trinajstić information content (AvgIpc) is 3.06. The van der Waals surface area contributed by atoms with Gasteiger partial charge in [-0.15, -0.1) is 0 Å². The minimum atomic E-state index is 0.478. The highest BCUT2D eigenvalue weighted by atomic mass is 16.5.